The molecule has 19 heavy (non-hydrogen) atoms. The van der Waals surface area contributed by atoms with E-state index in [0.29, 0.717) is 0 Å². The van der Waals surface area contributed by atoms with Crippen LogP contribution in [0.25, 0.3) is 0 Å². The topological polar surface area (TPSA) is 52.0 Å². The SMILES string of the molecule is CCc1cccc(Cc2cccc(CC)c2N)c1N. The van der Waals surface area contributed by atoms with Crippen LogP contribution in [0.1, 0.15) is 36.1 Å². The van der Waals surface area contributed by atoms with Crippen LogP contribution in [0.3, 0.4) is 0 Å². The number of hydrogen-bond donors (Lipinski definition) is 2. The Labute approximate surface area is 115 Å². The molecule has 0 saturated carbocycles. The van der Waals surface area contributed by atoms with Crippen molar-refractivity contribution in [1.29, 1.82) is 0 Å². The molecule has 0 atom stereocenters. The number of benzene rings is 2. The van der Waals surface area contributed by atoms with E-state index in [4.69, 9.17) is 11.5 Å². The van der Waals surface area contributed by atoms with Gasteiger partial charge < -0.3 is 11.5 Å². The van der Waals surface area contributed by atoms with Gasteiger partial charge in [0.05, 0.1) is 0 Å². The summed E-state index contributed by atoms with van der Waals surface area (Å²) in [4.78, 5) is 0. The van der Waals surface area contributed by atoms with Crippen LogP contribution in [0.5, 0.6) is 0 Å². The van der Waals surface area contributed by atoms with Crippen molar-refractivity contribution in [1.82, 2.24) is 0 Å². The predicted octanol–water partition coefficient (Wildman–Crippen LogP) is 3.57. The third-order valence-electron chi connectivity index (χ3n) is 3.72. The number of para-hydroxylation sites is 2. The van der Waals surface area contributed by atoms with E-state index in [1.807, 2.05) is 0 Å². The van der Waals surface area contributed by atoms with Crippen molar-refractivity contribution in [3.63, 3.8) is 0 Å². The molecule has 2 nitrogen and oxygen atoms in total. The monoisotopic (exact) mass is 254 g/mol. The van der Waals surface area contributed by atoms with Crippen LogP contribution in [0.4, 0.5) is 11.4 Å². The lowest BCUT2D eigenvalue weighted by Gasteiger charge is -2.13. The molecule has 0 fully saturated rings. The molecule has 2 heteroatoms. The summed E-state index contributed by atoms with van der Waals surface area (Å²) in [5.41, 5.74) is 19.0. The zero-order valence-corrected chi connectivity index (χ0v) is 11.7. The van der Waals surface area contributed by atoms with E-state index in [9.17, 15) is 0 Å². The minimum atomic E-state index is 0.805. The van der Waals surface area contributed by atoms with Crippen LogP contribution in [0, 0.1) is 0 Å². The minimum absolute atomic E-state index is 0.805. The van der Waals surface area contributed by atoms with E-state index in [1.165, 1.54) is 22.3 Å². The average molecular weight is 254 g/mol. The number of aryl methyl sites for hydroxylation is 2. The highest BCUT2D eigenvalue weighted by Crippen LogP contribution is 2.25. The highest BCUT2D eigenvalue weighted by molar-refractivity contribution is 5.60. The van der Waals surface area contributed by atoms with Gasteiger partial charge in [-0.3, -0.25) is 0 Å². The van der Waals surface area contributed by atoms with E-state index >= 15 is 0 Å². The van der Waals surface area contributed by atoms with Crippen molar-refractivity contribution in [3.05, 3.63) is 58.7 Å². The predicted molar refractivity (Wildman–Crippen MR) is 83.3 cm³/mol. The second-order valence-electron chi connectivity index (χ2n) is 4.86. The third-order valence-corrected chi connectivity index (χ3v) is 3.72. The fourth-order valence-corrected chi connectivity index (χ4v) is 2.46. The number of rotatable bonds is 4. The molecule has 0 radical (unpaired) electrons. The van der Waals surface area contributed by atoms with Crippen molar-refractivity contribution >= 4 is 11.4 Å². The van der Waals surface area contributed by atoms with Crippen LogP contribution in [0.15, 0.2) is 36.4 Å². The maximum absolute atomic E-state index is 6.22. The maximum atomic E-state index is 6.22. The van der Waals surface area contributed by atoms with Crippen molar-refractivity contribution in [2.75, 3.05) is 11.5 Å². The summed E-state index contributed by atoms with van der Waals surface area (Å²) >= 11 is 0. The molecule has 0 amide bonds. The molecule has 2 aromatic rings. The summed E-state index contributed by atoms with van der Waals surface area (Å²) in [5, 5.41) is 0. The molecule has 0 aliphatic heterocycles. The third kappa shape index (κ3) is 2.73. The first-order chi connectivity index (χ1) is 9.17. The molecular weight excluding hydrogens is 232 g/mol. The largest absolute Gasteiger partial charge is 0.398 e. The Balaban J connectivity index is 2.36. The minimum Gasteiger partial charge on any atom is -0.398 e. The van der Waals surface area contributed by atoms with E-state index in [-0.39, 0.29) is 0 Å². The Kier molecular flexibility index (Phi) is 4.10. The van der Waals surface area contributed by atoms with Crippen molar-refractivity contribution in [2.45, 2.75) is 33.1 Å². The maximum Gasteiger partial charge on any atom is 0.0382 e. The second kappa shape index (κ2) is 5.79. The molecule has 0 aliphatic carbocycles. The molecule has 0 saturated heterocycles. The highest BCUT2D eigenvalue weighted by Gasteiger charge is 2.08. The number of nitrogen functional groups attached to an aromatic ring is 2. The van der Waals surface area contributed by atoms with Gasteiger partial charge in [-0.1, -0.05) is 50.2 Å². The van der Waals surface area contributed by atoms with Gasteiger partial charge in [0.15, 0.2) is 0 Å². The summed E-state index contributed by atoms with van der Waals surface area (Å²) in [7, 11) is 0. The Bertz CT molecular complexity index is 522. The number of anilines is 2. The Hall–Kier alpha value is -1.96. The van der Waals surface area contributed by atoms with Gasteiger partial charge in [0.1, 0.15) is 0 Å². The molecular formula is C17H22N2. The first-order valence-electron chi connectivity index (χ1n) is 6.89. The van der Waals surface area contributed by atoms with Crippen LogP contribution < -0.4 is 11.5 Å². The summed E-state index contributed by atoms with van der Waals surface area (Å²) in [6.07, 6.45) is 2.73. The fourth-order valence-electron chi connectivity index (χ4n) is 2.46. The lowest BCUT2D eigenvalue weighted by molar-refractivity contribution is 1.10. The molecule has 2 rings (SSSR count). The molecule has 100 valence electrons. The molecule has 0 unspecified atom stereocenters. The highest BCUT2D eigenvalue weighted by atomic mass is 14.6. The van der Waals surface area contributed by atoms with Gasteiger partial charge in [-0.15, -0.1) is 0 Å². The standard InChI is InChI=1S/C17H22N2/c1-3-12-7-5-9-14(16(12)18)11-15-10-6-8-13(4-2)17(15)19/h5-10H,3-4,11,18-19H2,1-2H3. The van der Waals surface area contributed by atoms with E-state index < -0.39 is 0 Å². The summed E-state index contributed by atoms with van der Waals surface area (Å²) in [6, 6.07) is 12.5. The van der Waals surface area contributed by atoms with Crippen LogP contribution in [-0.2, 0) is 19.3 Å². The van der Waals surface area contributed by atoms with Gasteiger partial charge in [-0.2, -0.15) is 0 Å². The van der Waals surface area contributed by atoms with E-state index in [1.54, 1.807) is 0 Å². The van der Waals surface area contributed by atoms with Gasteiger partial charge in [-0.25, -0.2) is 0 Å². The van der Waals surface area contributed by atoms with Gasteiger partial charge in [0, 0.05) is 17.8 Å². The smallest absolute Gasteiger partial charge is 0.0382 e. The van der Waals surface area contributed by atoms with Crippen LogP contribution in [0.2, 0.25) is 0 Å². The summed E-state index contributed by atoms with van der Waals surface area (Å²) < 4.78 is 0. The number of nitrogens with two attached hydrogens (primary N) is 2. The lowest BCUT2D eigenvalue weighted by atomic mass is 9.96. The van der Waals surface area contributed by atoms with Crippen LogP contribution >= 0.6 is 0 Å². The Morgan fingerprint density at radius 2 is 1.05 bits per heavy atom. The van der Waals surface area contributed by atoms with E-state index in [0.717, 1.165) is 30.6 Å². The summed E-state index contributed by atoms with van der Waals surface area (Å²) in [5.74, 6) is 0. The molecule has 0 aliphatic rings. The van der Waals surface area contributed by atoms with E-state index in [2.05, 4.69) is 50.2 Å². The quantitative estimate of drug-likeness (QED) is 0.820. The van der Waals surface area contributed by atoms with Crippen LogP contribution in [-0.4, -0.2) is 0 Å². The van der Waals surface area contributed by atoms with Crippen molar-refractivity contribution in [2.24, 2.45) is 0 Å². The van der Waals surface area contributed by atoms with Crippen molar-refractivity contribution < 1.29 is 0 Å². The fraction of sp³-hybridized carbons (Fsp3) is 0.294. The lowest BCUT2D eigenvalue weighted by Crippen LogP contribution is -2.03. The zero-order valence-electron chi connectivity index (χ0n) is 11.7. The molecule has 0 spiro atoms. The molecule has 2 aromatic carbocycles. The van der Waals surface area contributed by atoms with Crippen molar-refractivity contribution in [3.8, 4) is 0 Å². The second-order valence-corrected chi connectivity index (χ2v) is 4.86. The van der Waals surface area contributed by atoms with Gasteiger partial charge >= 0.3 is 0 Å². The van der Waals surface area contributed by atoms with Gasteiger partial charge in [-0.05, 0) is 35.1 Å². The molecule has 4 N–H and O–H groups in total. The summed E-state index contributed by atoms with van der Waals surface area (Å²) in [6.45, 7) is 4.25. The molecule has 0 heterocycles. The zero-order chi connectivity index (χ0) is 13.8. The first-order valence-corrected chi connectivity index (χ1v) is 6.89. The Morgan fingerprint density at radius 3 is 1.42 bits per heavy atom. The molecule has 0 aromatic heterocycles. The van der Waals surface area contributed by atoms with Gasteiger partial charge in [0.2, 0.25) is 0 Å². The average Bonchev–Trinajstić information content (AvgIpc) is 2.43. The first kappa shape index (κ1) is 13.5. The Morgan fingerprint density at radius 1 is 0.684 bits per heavy atom. The molecule has 0 bridgehead atoms. The van der Waals surface area contributed by atoms with Gasteiger partial charge in [0.25, 0.3) is 0 Å². The normalized spacial score (nSPS) is 10.6. The number of hydrogen-bond acceptors (Lipinski definition) is 2.